The van der Waals surface area contributed by atoms with E-state index < -0.39 is 0 Å². The minimum absolute atomic E-state index is 0.681. The highest BCUT2D eigenvalue weighted by atomic mass is 32.1. The molecule has 1 N–H and O–H groups in total. The summed E-state index contributed by atoms with van der Waals surface area (Å²) in [6, 6.07) is 0.681. The molecule has 1 aliphatic heterocycles. The van der Waals surface area contributed by atoms with Gasteiger partial charge in [0.25, 0.3) is 0 Å². The zero-order valence-corrected chi connectivity index (χ0v) is 12.2. The van der Waals surface area contributed by atoms with Crippen molar-refractivity contribution in [2.24, 2.45) is 11.8 Å². The van der Waals surface area contributed by atoms with Crippen LogP contribution >= 0.6 is 12.2 Å². The van der Waals surface area contributed by atoms with E-state index in [1.165, 1.54) is 32.2 Å². The number of fused-ring (bicyclic) bond motifs is 2. The second-order valence-electron chi connectivity index (χ2n) is 6.15. The first-order valence-electron chi connectivity index (χ1n) is 7.54. The van der Waals surface area contributed by atoms with E-state index in [1.807, 2.05) is 0 Å². The first-order chi connectivity index (χ1) is 8.76. The van der Waals surface area contributed by atoms with Crippen molar-refractivity contribution in [3.63, 3.8) is 0 Å². The van der Waals surface area contributed by atoms with Gasteiger partial charge in [-0.1, -0.05) is 13.3 Å². The molecule has 0 amide bonds. The van der Waals surface area contributed by atoms with Crippen LogP contribution in [0.5, 0.6) is 0 Å². The number of likely N-dealkylation sites (N-methyl/N-ethyl adjacent to an activating group) is 1. The fraction of sp³-hybridized carbons (Fsp3) is 0.929. The number of rotatable bonds is 2. The lowest BCUT2D eigenvalue weighted by Crippen LogP contribution is -2.53. The van der Waals surface area contributed by atoms with Crippen molar-refractivity contribution in [2.75, 3.05) is 32.7 Å². The quantitative estimate of drug-likeness (QED) is 0.767. The summed E-state index contributed by atoms with van der Waals surface area (Å²) in [6.07, 6.45) is 5.70. The van der Waals surface area contributed by atoms with E-state index in [0.29, 0.717) is 6.04 Å². The van der Waals surface area contributed by atoms with E-state index in [-0.39, 0.29) is 0 Å². The van der Waals surface area contributed by atoms with E-state index >= 15 is 0 Å². The molecule has 3 nitrogen and oxygen atoms in total. The fourth-order valence-electron chi connectivity index (χ4n) is 3.94. The van der Waals surface area contributed by atoms with Gasteiger partial charge < -0.3 is 15.1 Å². The number of hydrogen-bond acceptors (Lipinski definition) is 2. The average Bonchev–Trinajstić information content (AvgIpc) is 3.01. The number of nitrogens with zero attached hydrogens (tertiary/aromatic N) is 2. The van der Waals surface area contributed by atoms with Crippen LogP contribution in [-0.4, -0.2) is 53.7 Å². The Hall–Kier alpha value is -0.350. The second-order valence-corrected chi connectivity index (χ2v) is 6.54. The first-order valence-corrected chi connectivity index (χ1v) is 7.95. The van der Waals surface area contributed by atoms with Crippen LogP contribution in [0.25, 0.3) is 0 Å². The summed E-state index contributed by atoms with van der Waals surface area (Å²) in [4.78, 5) is 4.87. The van der Waals surface area contributed by atoms with Gasteiger partial charge in [-0.15, -0.1) is 0 Å². The third-order valence-electron chi connectivity index (χ3n) is 5.15. The van der Waals surface area contributed by atoms with Gasteiger partial charge in [0.05, 0.1) is 0 Å². The Morgan fingerprint density at radius 1 is 1.17 bits per heavy atom. The Balaban J connectivity index is 1.47. The zero-order chi connectivity index (χ0) is 12.5. The monoisotopic (exact) mass is 267 g/mol. The van der Waals surface area contributed by atoms with Gasteiger partial charge in [0, 0.05) is 32.2 Å². The highest BCUT2D eigenvalue weighted by molar-refractivity contribution is 7.80. The Morgan fingerprint density at radius 2 is 1.94 bits per heavy atom. The molecule has 0 aromatic heterocycles. The van der Waals surface area contributed by atoms with E-state index in [1.54, 1.807) is 0 Å². The van der Waals surface area contributed by atoms with Gasteiger partial charge in [-0.3, -0.25) is 0 Å². The summed E-state index contributed by atoms with van der Waals surface area (Å²) in [5, 5.41) is 4.67. The summed E-state index contributed by atoms with van der Waals surface area (Å²) in [6.45, 7) is 7.92. The SMILES string of the molecule is CCN1CCN(C(=S)N[C@@H]2C[C@@H]3CC[C@H]2C3)CC1. The summed E-state index contributed by atoms with van der Waals surface area (Å²) >= 11 is 5.60. The maximum absolute atomic E-state index is 5.60. The van der Waals surface area contributed by atoms with Crippen LogP contribution in [0.3, 0.4) is 0 Å². The molecule has 2 aliphatic carbocycles. The van der Waals surface area contributed by atoms with Crippen LogP contribution in [0.15, 0.2) is 0 Å². The van der Waals surface area contributed by atoms with Crippen molar-refractivity contribution in [1.82, 2.24) is 15.1 Å². The van der Waals surface area contributed by atoms with Crippen LogP contribution in [-0.2, 0) is 0 Å². The van der Waals surface area contributed by atoms with Gasteiger partial charge in [-0.25, -0.2) is 0 Å². The number of hydrogen-bond donors (Lipinski definition) is 1. The summed E-state index contributed by atoms with van der Waals surface area (Å²) in [5.41, 5.74) is 0. The normalized spacial score (nSPS) is 36.1. The van der Waals surface area contributed by atoms with Crippen LogP contribution in [0.1, 0.15) is 32.6 Å². The lowest BCUT2D eigenvalue weighted by atomic mass is 9.95. The topological polar surface area (TPSA) is 18.5 Å². The highest BCUT2D eigenvalue weighted by Gasteiger charge is 2.40. The van der Waals surface area contributed by atoms with Crippen LogP contribution in [0.4, 0.5) is 0 Å². The number of piperazine rings is 1. The van der Waals surface area contributed by atoms with Crippen molar-refractivity contribution < 1.29 is 0 Å². The van der Waals surface area contributed by atoms with Crippen LogP contribution in [0, 0.1) is 11.8 Å². The lowest BCUT2D eigenvalue weighted by molar-refractivity contribution is 0.187. The fourth-order valence-corrected chi connectivity index (χ4v) is 4.27. The smallest absolute Gasteiger partial charge is 0.169 e. The van der Waals surface area contributed by atoms with E-state index in [9.17, 15) is 0 Å². The molecule has 1 saturated heterocycles. The molecule has 4 heteroatoms. The molecule has 3 atom stereocenters. The highest BCUT2D eigenvalue weighted by Crippen LogP contribution is 2.44. The van der Waals surface area contributed by atoms with Crippen molar-refractivity contribution >= 4 is 17.3 Å². The predicted octanol–water partition coefficient (Wildman–Crippen LogP) is 1.69. The molecule has 0 radical (unpaired) electrons. The molecule has 18 heavy (non-hydrogen) atoms. The maximum atomic E-state index is 5.60. The summed E-state index contributed by atoms with van der Waals surface area (Å²) in [5.74, 6) is 1.90. The van der Waals surface area contributed by atoms with Gasteiger partial charge >= 0.3 is 0 Å². The Kier molecular flexibility index (Phi) is 3.76. The second kappa shape index (κ2) is 5.33. The van der Waals surface area contributed by atoms with E-state index in [2.05, 4.69) is 22.0 Å². The molecule has 0 aromatic carbocycles. The van der Waals surface area contributed by atoms with Gasteiger partial charge in [-0.2, -0.15) is 0 Å². The standard InChI is InChI=1S/C14H25N3S/c1-2-16-5-7-17(8-6-16)14(18)15-13-10-11-3-4-12(13)9-11/h11-13H,2-10H2,1H3,(H,15,18)/t11-,12+,13-/m1/s1. The molecular formula is C14H25N3S. The minimum atomic E-state index is 0.681. The molecule has 1 heterocycles. The first kappa shape index (κ1) is 12.7. The molecule has 3 aliphatic rings. The average molecular weight is 267 g/mol. The largest absolute Gasteiger partial charge is 0.360 e. The van der Waals surface area contributed by atoms with Crippen LogP contribution < -0.4 is 5.32 Å². The van der Waals surface area contributed by atoms with Gasteiger partial charge in [-0.05, 0) is 49.9 Å². The molecule has 2 saturated carbocycles. The van der Waals surface area contributed by atoms with Gasteiger partial charge in [0.2, 0.25) is 0 Å². The maximum Gasteiger partial charge on any atom is 0.169 e. The Labute approximate surface area is 116 Å². The molecule has 0 aromatic rings. The molecule has 3 rings (SSSR count). The lowest BCUT2D eigenvalue weighted by Gasteiger charge is -2.37. The van der Waals surface area contributed by atoms with Crippen molar-refractivity contribution in [3.8, 4) is 0 Å². The van der Waals surface area contributed by atoms with Crippen molar-refractivity contribution in [2.45, 2.75) is 38.6 Å². The molecule has 0 unspecified atom stereocenters. The Morgan fingerprint density at radius 3 is 2.50 bits per heavy atom. The Bertz CT molecular complexity index is 312. The van der Waals surface area contributed by atoms with E-state index in [0.717, 1.165) is 43.1 Å². The molecular weight excluding hydrogens is 242 g/mol. The zero-order valence-electron chi connectivity index (χ0n) is 11.4. The molecule has 102 valence electrons. The molecule has 0 spiro atoms. The summed E-state index contributed by atoms with van der Waals surface area (Å²) < 4.78 is 0. The van der Waals surface area contributed by atoms with Gasteiger partial charge in [0.1, 0.15) is 0 Å². The predicted molar refractivity (Wildman–Crippen MR) is 78.7 cm³/mol. The van der Waals surface area contributed by atoms with Gasteiger partial charge in [0.15, 0.2) is 5.11 Å². The molecule has 3 fully saturated rings. The molecule has 2 bridgehead atoms. The summed E-state index contributed by atoms with van der Waals surface area (Å²) in [7, 11) is 0. The third kappa shape index (κ3) is 2.50. The van der Waals surface area contributed by atoms with Crippen LogP contribution in [0.2, 0.25) is 0 Å². The number of thiocarbonyl (C=S) groups is 1. The van der Waals surface area contributed by atoms with E-state index in [4.69, 9.17) is 12.2 Å². The van der Waals surface area contributed by atoms with Crippen molar-refractivity contribution in [1.29, 1.82) is 0 Å². The number of nitrogens with one attached hydrogen (secondary N) is 1. The minimum Gasteiger partial charge on any atom is -0.360 e. The third-order valence-corrected chi connectivity index (χ3v) is 5.53. The van der Waals surface area contributed by atoms with Crippen molar-refractivity contribution in [3.05, 3.63) is 0 Å².